The van der Waals surface area contributed by atoms with Crippen LogP contribution in [-0.2, 0) is 35.4 Å². The van der Waals surface area contributed by atoms with Crippen molar-refractivity contribution in [3.63, 3.8) is 0 Å². The van der Waals surface area contributed by atoms with Crippen LogP contribution in [0.4, 0.5) is 0 Å². The molecule has 0 aromatic heterocycles. The van der Waals surface area contributed by atoms with Crippen LogP contribution >= 0.6 is 0 Å². The number of carbonyl (C=O) groups is 2. The fourth-order valence-electron chi connectivity index (χ4n) is 1.39. The van der Waals surface area contributed by atoms with Crippen molar-refractivity contribution < 1.29 is 28.8 Å². The lowest BCUT2D eigenvalue weighted by molar-refractivity contribution is -0.281. The summed E-state index contributed by atoms with van der Waals surface area (Å²) in [4.78, 5) is 31.4. The van der Waals surface area contributed by atoms with Gasteiger partial charge in [-0.15, -0.1) is 0 Å². The van der Waals surface area contributed by atoms with Crippen molar-refractivity contribution in [2.24, 2.45) is 5.73 Å². The number of carbonyl (C=O) groups excluding carboxylic acids is 2. The summed E-state index contributed by atoms with van der Waals surface area (Å²) in [6.45, 7) is 1.46. The van der Waals surface area contributed by atoms with Crippen molar-refractivity contribution >= 4 is 11.9 Å². The molecule has 0 saturated carbocycles. The topological polar surface area (TPSA) is 97.1 Å². The molecule has 1 rings (SSSR count). The molecule has 0 amide bonds. The van der Waals surface area contributed by atoms with E-state index in [-0.39, 0.29) is 26.4 Å². The molecule has 0 radical (unpaired) electrons. The molecule has 21 heavy (non-hydrogen) atoms. The first kappa shape index (κ1) is 17.1. The molecule has 0 bridgehead atoms. The Bertz CT molecular complexity index is 436. The van der Waals surface area contributed by atoms with Gasteiger partial charge in [-0.05, 0) is 5.56 Å². The van der Waals surface area contributed by atoms with Gasteiger partial charge in [0.2, 0.25) is 0 Å². The van der Waals surface area contributed by atoms with Crippen molar-refractivity contribution in [3.05, 3.63) is 35.9 Å². The minimum Gasteiger partial charge on any atom is -0.459 e. The Morgan fingerprint density at radius 3 is 2.57 bits per heavy atom. The molecule has 0 spiro atoms. The number of benzene rings is 1. The van der Waals surface area contributed by atoms with E-state index in [0.717, 1.165) is 5.56 Å². The highest BCUT2D eigenvalue weighted by Gasteiger charge is 2.22. The molecule has 1 atom stereocenters. The summed E-state index contributed by atoms with van der Waals surface area (Å²) in [7, 11) is 0. The monoisotopic (exact) mass is 297 g/mol. The Hall–Kier alpha value is -1.96. The van der Waals surface area contributed by atoms with Gasteiger partial charge in [0.1, 0.15) is 13.2 Å². The third-order valence-electron chi connectivity index (χ3n) is 2.32. The van der Waals surface area contributed by atoms with E-state index >= 15 is 0 Å². The summed E-state index contributed by atoms with van der Waals surface area (Å²) >= 11 is 0. The van der Waals surface area contributed by atoms with Crippen LogP contribution in [0.3, 0.4) is 0 Å². The van der Waals surface area contributed by atoms with Crippen LogP contribution in [0.15, 0.2) is 30.3 Å². The van der Waals surface area contributed by atoms with Crippen molar-refractivity contribution in [3.8, 4) is 0 Å². The van der Waals surface area contributed by atoms with Gasteiger partial charge in [0.05, 0.1) is 6.61 Å². The fraction of sp³-hybridized carbons (Fsp3) is 0.429. The molecule has 1 aromatic carbocycles. The van der Waals surface area contributed by atoms with E-state index in [4.69, 9.17) is 15.2 Å². The lowest BCUT2D eigenvalue weighted by Gasteiger charge is -2.15. The summed E-state index contributed by atoms with van der Waals surface area (Å²) < 4.78 is 10.3. The SMILES string of the molecule is CC(=O)OOCC(OCCN)C(=O)OCc1ccccc1. The largest absolute Gasteiger partial charge is 0.459 e. The normalized spacial score (nSPS) is 11.7. The second-order valence-electron chi connectivity index (χ2n) is 4.10. The van der Waals surface area contributed by atoms with Crippen molar-refractivity contribution in [1.82, 2.24) is 0 Å². The second kappa shape index (κ2) is 9.87. The van der Waals surface area contributed by atoms with E-state index in [1.54, 1.807) is 0 Å². The quantitative estimate of drug-likeness (QED) is 0.404. The minimum atomic E-state index is -1.00. The highest BCUT2D eigenvalue weighted by molar-refractivity contribution is 5.74. The van der Waals surface area contributed by atoms with E-state index in [2.05, 4.69) is 9.78 Å². The number of nitrogens with two attached hydrogens (primary N) is 1. The summed E-state index contributed by atoms with van der Waals surface area (Å²) in [6.07, 6.45) is -1.00. The zero-order chi connectivity index (χ0) is 15.5. The van der Waals surface area contributed by atoms with E-state index in [1.165, 1.54) is 6.92 Å². The maximum atomic E-state index is 11.9. The number of hydrogen-bond acceptors (Lipinski definition) is 7. The number of rotatable bonds is 9. The third kappa shape index (κ3) is 7.40. The van der Waals surface area contributed by atoms with Crippen molar-refractivity contribution in [2.75, 3.05) is 19.8 Å². The van der Waals surface area contributed by atoms with Crippen LogP contribution in [0.2, 0.25) is 0 Å². The first-order valence-electron chi connectivity index (χ1n) is 6.45. The standard InChI is InChI=1S/C14H19NO6/c1-11(16)21-20-10-13(18-8-7-15)14(17)19-9-12-5-3-2-4-6-12/h2-6,13H,7-10,15H2,1H3. The molecule has 7 nitrogen and oxygen atoms in total. The van der Waals surface area contributed by atoms with E-state index in [0.29, 0.717) is 0 Å². The van der Waals surface area contributed by atoms with Crippen LogP contribution in [0.5, 0.6) is 0 Å². The first-order valence-corrected chi connectivity index (χ1v) is 6.45. The minimum absolute atomic E-state index is 0.121. The smallest absolute Gasteiger partial charge is 0.339 e. The van der Waals surface area contributed by atoms with Gasteiger partial charge in [0.25, 0.3) is 0 Å². The van der Waals surface area contributed by atoms with Gasteiger partial charge in [-0.25, -0.2) is 9.59 Å². The zero-order valence-electron chi connectivity index (χ0n) is 11.8. The van der Waals surface area contributed by atoms with E-state index in [9.17, 15) is 9.59 Å². The van der Waals surface area contributed by atoms with Crippen LogP contribution in [0.1, 0.15) is 12.5 Å². The highest BCUT2D eigenvalue weighted by atomic mass is 17.2. The Labute approximate surface area is 122 Å². The van der Waals surface area contributed by atoms with Crippen LogP contribution in [0, 0.1) is 0 Å². The molecular formula is C14H19NO6. The third-order valence-corrected chi connectivity index (χ3v) is 2.32. The molecule has 0 fully saturated rings. The van der Waals surface area contributed by atoms with E-state index < -0.39 is 18.0 Å². The van der Waals surface area contributed by atoms with Gasteiger partial charge in [-0.2, -0.15) is 4.89 Å². The molecule has 0 heterocycles. The summed E-state index contributed by atoms with van der Waals surface area (Å²) in [5, 5.41) is 0. The van der Waals surface area contributed by atoms with Crippen molar-refractivity contribution in [1.29, 1.82) is 0 Å². The lowest BCUT2D eigenvalue weighted by atomic mass is 10.2. The fourth-order valence-corrected chi connectivity index (χ4v) is 1.39. The Morgan fingerprint density at radius 2 is 1.95 bits per heavy atom. The first-order chi connectivity index (χ1) is 10.1. The maximum absolute atomic E-state index is 11.9. The van der Waals surface area contributed by atoms with Crippen LogP contribution < -0.4 is 5.73 Å². The molecule has 0 aliphatic rings. The summed E-state index contributed by atoms with van der Waals surface area (Å²) in [5.41, 5.74) is 6.17. The average molecular weight is 297 g/mol. The molecular weight excluding hydrogens is 278 g/mol. The zero-order valence-corrected chi connectivity index (χ0v) is 11.8. The molecule has 0 aliphatic heterocycles. The van der Waals surface area contributed by atoms with E-state index in [1.807, 2.05) is 30.3 Å². The Balaban J connectivity index is 2.43. The average Bonchev–Trinajstić information content (AvgIpc) is 2.49. The van der Waals surface area contributed by atoms with Gasteiger partial charge in [-0.3, -0.25) is 4.89 Å². The number of ether oxygens (including phenoxy) is 2. The summed E-state index contributed by atoms with van der Waals surface area (Å²) in [5.74, 6) is -1.23. The molecule has 0 saturated heterocycles. The lowest BCUT2D eigenvalue weighted by Crippen LogP contribution is -2.33. The number of hydrogen-bond donors (Lipinski definition) is 1. The van der Waals surface area contributed by atoms with Gasteiger partial charge >= 0.3 is 11.9 Å². The van der Waals surface area contributed by atoms with Crippen LogP contribution in [-0.4, -0.2) is 37.8 Å². The molecule has 0 aliphatic carbocycles. The van der Waals surface area contributed by atoms with Crippen molar-refractivity contribution in [2.45, 2.75) is 19.6 Å². The predicted molar refractivity (Wildman–Crippen MR) is 72.8 cm³/mol. The molecule has 2 N–H and O–H groups in total. The second-order valence-corrected chi connectivity index (χ2v) is 4.10. The van der Waals surface area contributed by atoms with Gasteiger partial charge < -0.3 is 15.2 Å². The Kier molecular flexibility index (Phi) is 8.03. The van der Waals surface area contributed by atoms with Gasteiger partial charge in [0.15, 0.2) is 6.10 Å². The molecule has 116 valence electrons. The maximum Gasteiger partial charge on any atom is 0.339 e. The van der Waals surface area contributed by atoms with Crippen LogP contribution in [0.25, 0.3) is 0 Å². The molecule has 1 unspecified atom stereocenters. The molecule has 7 heteroatoms. The number of esters is 1. The highest BCUT2D eigenvalue weighted by Crippen LogP contribution is 2.04. The Morgan fingerprint density at radius 1 is 1.24 bits per heavy atom. The predicted octanol–water partition coefficient (Wildman–Crippen LogP) is 0.568. The van der Waals surface area contributed by atoms with Gasteiger partial charge in [0, 0.05) is 13.5 Å². The molecule has 1 aromatic rings. The van der Waals surface area contributed by atoms with Gasteiger partial charge in [-0.1, -0.05) is 30.3 Å². The summed E-state index contributed by atoms with van der Waals surface area (Å²) in [6, 6.07) is 9.22.